The first-order chi connectivity index (χ1) is 7.26. The average Bonchev–Trinajstić information content (AvgIpc) is 2.08. The summed E-state index contributed by atoms with van der Waals surface area (Å²) in [6.07, 6.45) is 0.570. The van der Waals surface area contributed by atoms with Crippen molar-refractivity contribution in [2.24, 2.45) is 11.7 Å². The molecule has 4 heteroatoms. The second kappa shape index (κ2) is 6.74. The van der Waals surface area contributed by atoms with Crippen LogP contribution in [-0.2, 0) is 4.74 Å². The van der Waals surface area contributed by atoms with Gasteiger partial charge in [-0.05, 0) is 39.7 Å². The van der Waals surface area contributed by atoms with E-state index < -0.39 is 5.60 Å². The molecule has 4 nitrogen and oxygen atoms in total. The van der Waals surface area contributed by atoms with Crippen molar-refractivity contribution in [2.45, 2.75) is 46.6 Å². The minimum absolute atomic E-state index is 0.241. The lowest BCUT2D eigenvalue weighted by molar-refractivity contribution is 0.0227. The summed E-state index contributed by atoms with van der Waals surface area (Å²) in [6.45, 7) is 11.8. The molecule has 0 saturated heterocycles. The molecule has 1 amide bonds. The predicted molar refractivity (Wildman–Crippen MR) is 66.3 cm³/mol. The molecule has 0 aromatic heterocycles. The fraction of sp³-hybridized carbons (Fsp3) is 0.917. The third-order valence-electron chi connectivity index (χ3n) is 1.87. The molecule has 0 fully saturated rings. The number of carbonyl (C=O) groups is 1. The summed E-state index contributed by atoms with van der Waals surface area (Å²) in [5.74, 6) is 0.435. The third-order valence-corrected chi connectivity index (χ3v) is 1.87. The van der Waals surface area contributed by atoms with Crippen molar-refractivity contribution in [2.75, 3.05) is 19.6 Å². The van der Waals surface area contributed by atoms with Crippen molar-refractivity contribution in [1.82, 2.24) is 4.90 Å². The van der Waals surface area contributed by atoms with Crippen LogP contribution in [0, 0.1) is 5.92 Å². The Bertz CT molecular complexity index is 210. The Morgan fingerprint density at radius 3 is 2.31 bits per heavy atom. The quantitative estimate of drug-likeness (QED) is 0.788. The lowest BCUT2D eigenvalue weighted by Gasteiger charge is -2.28. The second-order valence-electron chi connectivity index (χ2n) is 5.46. The molecule has 0 aliphatic heterocycles. The molecule has 0 unspecified atom stereocenters. The highest BCUT2D eigenvalue weighted by molar-refractivity contribution is 5.68. The van der Waals surface area contributed by atoms with Gasteiger partial charge in [-0.1, -0.05) is 13.8 Å². The van der Waals surface area contributed by atoms with E-state index >= 15 is 0 Å². The normalized spacial score (nSPS) is 11.7. The molecule has 0 aromatic rings. The molecule has 0 spiro atoms. The van der Waals surface area contributed by atoms with Crippen LogP contribution >= 0.6 is 0 Å². The summed E-state index contributed by atoms with van der Waals surface area (Å²) in [5, 5.41) is 0. The Hall–Kier alpha value is -0.770. The van der Waals surface area contributed by atoms with Crippen LogP contribution in [0.25, 0.3) is 0 Å². The molecule has 0 radical (unpaired) electrons. The van der Waals surface area contributed by atoms with Crippen LogP contribution in [0.4, 0.5) is 4.79 Å². The summed E-state index contributed by atoms with van der Waals surface area (Å²) in [5.41, 5.74) is 5.02. The first-order valence-electron chi connectivity index (χ1n) is 5.94. The Balaban J connectivity index is 4.31. The van der Waals surface area contributed by atoms with Crippen LogP contribution in [0.1, 0.15) is 41.0 Å². The van der Waals surface area contributed by atoms with Gasteiger partial charge >= 0.3 is 6.09 Å². The fourth-order valence-electron chi connectivity index (χ4n) is 1.31. The molecule has 16 heavy (non-hydrogen) atoms. The summed E-state index contributed by atoms with van der Waals surface area (Å²) < 4.78 is 5.34. The van der Waals surface area contributed by atoms with Gasteiger partial charge in [0, 0.05) is 13.1 Å². The first-order valence-corrected chi connectivity index (χ1v) is 5.94. The smallest absolute Gasteiger partial charge is 0.410 e. The average molecular weight is 230 g/mol. The van der Waals surface area contributed by atoms with Gasteiger partial charge in [-0.2, -0.15) is 0 Å². The molecule has 0 saturated carbocycles. The SMILES string of the molecule is CC(C)CN(CCCN)C(=O)OC(C)(C)C. The highest BCUT2D eigenvalue weighted by atomic mass is 16.6. The van der Waals surface area contributed by atoms with Gasteiger partial charge in [-0.25, -0.2) is 4.79 Å². The van der Waals surface area contributed by atoms with Crippen molar-refractivity contribution in [3.05, 3.63) is 0 Å². The molecule has 0 aliphatic rings. The van der Waals surface area contributed by atoms with Gasteiger partial charge < -0.3 is 15.4 Å². The Morgan fingerprint density at radius 1 is 1.38 bits per heavy atom. The number of hydrogen-bond donors (Lipinski definition) is 1. The van der Waals surface area contributed by atoms with Gasteiger partial charge in [-0.15, -0.1) is 0 Å². The van der Waals surface area contributed by atoms with E-state index in [9.17, 15) is 4.79 Å². The standard InChI is InChI=1S/C12H26N2O2/c1-10(2)9-14(8-6-7-13)11(15)16-12(3,4)5/h10H,6-9,13H2,1-5H3. The zero-order valence-corrected chi connectivity index (χ0v) is 11.2. The van der Waals surface area contributed by atoms with Crippen LogP contribution in [0.15, 0.2) is 0 Å². The van der Waals surface area contributed by atoms with Gasteiger partial charge in [0.25, 0.3) is 0 Å². The van der Waals surface area contributed by atoms with Gasteiger partial charge in [0.05, 0.1) is 0 Å². The number of nitrogens with zero attached hydrogens (tertiary/aromatic N) is 1. The molecule has 0 rings (SSSR count). The number of carbonyl (C=O) groups excluding carboxylic acids is 1. The van der Waals surface area contributed by atoms with E-state index in [1.165, 1.54) is 0 Å². The lowest BCUT2D eigenvalue weighted by Crippen LogP contribution is -2.39. The van der Waals surface area contributed by atoms with E-state index in [0.717, 1.165) is 13.0 Å². The molecular formula is C12H26N2O2. The van der Waals surface area contributed by atoms with E-state index in [1.54, 1.807) is 4.90 Å². The van der Waals surface area contributed by atoms with E-state index in [2.05, 4.69) is 13.8 Å². The van der Waals surface area contributed by atoms with Crippen molar-refractivity contribution >= 4 is 6.09 Å². The van der Waals surface area contributed by atoms with Gasteiger partial charge in [-0.3, -0.25) is 0 Å². The molecule has 0 heterocycles. The van der Waals surface area contributed by atoms with E-state index in [4.69, 9.17) is 10.5 Å². The van der Waals surface area contributed by atoms with Gasteiger partial charge in [0.1, 0.15) is 5.60 Å². The first kappa shape index (κ1) is 15.2. The topological polar surface area (TPSA) is 55.6 Å². The van der Waals surface area contributed by atoms with Crippen molar-refractivity contribution in [1.29, 1.82) is 0 Å². The molecular weight excluding hydrogens is 204 g/mol. The maximum atomic E-state index is 11.9. The second-order valence-corrected chi connectivity index (χ2v) is 5.46. The number of nitrogens with two attached hydrogens (primary N) is 1. The third kappa shape index (κ3) is 7.51. The van der Waals surface area contributed by atoms with Crippen LogP contribution in [0.5, 0.6) is 0 Å². The number of amides is 1. The van der Waals surface area contributed by atoms with Crippen molar-refractivity contribution < 1.29 is 9.53 Å². The highest BCUT2D eigenvalue weighted by Crippen LogP contribution is 2.11. The van der Waals surface area contributed by atoms with Crippen molar-refractivity contribution in [3.63, 3.8) is 0 Å². The minimum Gasteiger partial charge on any atom is -0.444 e. The monoisotopic (exact) mass is 230 g/mol. The van der Waals surface area contributed by atoms with Gasteiger partial charge in [0.2, 0.25) is 0 Å². The zero-order chi connectivity index (χ0) is 12.8. The Labute approximate surface area is 99.1 Å². The molecule has 0 aliphatic carbocycles. The van der Waals surface area contributed by atoms with Crippen LogP contribution < -0.4 is 5.73 Å². The molecule has 2 N–H and O–H groups in total. The Morgan fingerprint density at radius 2 is 1.94 bits per heavy atom. The summed E-state index contributed by atoms with van der Waals surface area (Å²) in [6, 6.07) is 0. The van der Waals surface area contributed by atoms with Gasteiger partial charge in [0.15, 0.2) is 0 Å². The number of hydrogen-bond acceptors (Lipinski definition) is 3. The lowest BCUT2D eigenvalue weighted by atomic mass is 10.2. The van der Waals surface area contributed by atoms with Crippen LogP contribution in [0.3, 0.4) is 0 Å². The molecule has 0 aromatic carbocycles. The summed E-state index contributed by atoms with van der Waals surface area (Å²) in [7, 11) is 0. The maximum Gasteiger partial charge on any atom is 0.410 e. The number of ether oxygens (including phenoxy) is 1. The summed E-state index contributed by atoms with van der Waals surface area (Å²) in [4.78, 5) is 13.6. The molecule has 0 bridgehead atoms. The maximum absolute atomic E-state index is 11.9. The molecule has 96 valence electrons. The zero-order valence-electron chi connectivity index (χ0n) is 11.2. The number of rotatable bonds is 5. The Kier molecular flexibility index (Phi) is 6.41. The van der Waals surface area contributed by atoms with Crippen LogP contribution in [0.2, 0.25) is 0 Å². The minimum atomic E-state index is -0.435. The van der Waals surface area contributed by atoms with E-state index in [1.807, 2.05) is 20.8 Å². The van der Waals surface area contributed by atoms with E-state index in [0.29, 0.717) is 19.0 Å². The largest absolute Gasteiger partial charge is 0.444 e. The highest BCUT2D eigenvalue weighted by Gasteiger charge is 2.22. The van der Waals surface area contributed by atoms with E-state index in [-0.39, 0.29) is 6.09 Å². The van der Waals surface area contributed by atoms with Crippen LogP contribution in [-0.4, -0.2) is 36.2 Å². The fourth-order valence-corrected chi connectivity index (χ4v) is 1.31. The molecule has 0 atom stereocenters. The van der Waals surface area contributed by atoms with Crippen molar-refractivity contribution in [3.8, 4) is 0 Å². The summed E-state index contributed by atoms with van der Waals surface area (Å²) >= 11 is 0. The predicted octanol–water partition coefficient (Wildman–Crippen LogP) is 2.23.